The minimum atomic E-state index is -0.824. The van der Waals surface area contributed by atoms with Gasteiger partial charge in [-0.1, -0.05) is 6.07 Å². The highest BCUT2D eigenvalue weighted by atomic mass is 32.1. The van der Waals surface area contributed by atoms with Crippen molar-refractivity contribution in [2.45, 2.75) is 25.9 Å². The van der Waals surface area contributed by atoms with E-state index in [0.29, 0.717) is 24.3 Å². The Kier molecular flexibility index (Phi) is 4.59. The molecule has 0 bridgehead atoms. The van der Waals surface area contributed by atoms with Crippen LogP contribution in [0.2, 0.25) is 0 Å². The fraction of sp³-hybridized carbons (Fsp3) is 0.500. The second kappa shape index (κ2) is 5.75. The zero-order valence-electron chi connectivity index (χ0n) is 8.03. The number of hydrogen-bond donors (Lipinski definition) is 0. The first-order chi connectivity index (χ1) is 6.70. The number of alkyl halides is 1. The molecule has 0 N–H and O–H groups in total. The molecule has 2 nitrogen and oxygen atoms in total. The topological polar surface area (TPSA) is 26.3 Å². The highest BCUT2D eigenvalue weighted by Gasteiger charge is 2.07. The zero-order valence-corrected chi connectivity index (χ0v) is 8.85. The van der Waals surface area contributed by atoms with Crippen LogP contribution < -0.4 is 0 Å². The molecular formula is C10H13FO2S. The second-order valence-electron chi connectivity index (χ2n) is 3.04. The molecule has 1 aromatic heterocycles. The van der Waals surface area contributed by atoms with Gasteiger partial charge in [0.2, 0.25) is 0 Å². The van der Waals surface area contributed by atoms with Gasteiger partial charge in [-0.2, -0.15) is 0 Å². The first kappa shape index (κ1) is 11.2. The monoisotopic (exact) mass is 216 g/mol. The standard InChI is InChI=1S/C10H13FO2S/c1-8(11)4-2-6-13-10(12)9-5-3-7-14-9/h3,5,7-8H,2,4,6H2,1H3. The van der Waals surface area contributed by atoms with Crippen molar-refractivity contribution in [3.8, 4) is 0 Å². The largest absolute Gasteiger partial charge is 0.462 e. The molecule has 0 aliphatic heterocycles. The molecule has 1 heterocycles. The first-order valence-electron chi connectivity index (χ1n) is 4.55. The van der Waals surface area contributed by atoms with Gasteiger partial charge < -0.3 is 4.74 Å². The van der Waals surface area contributed by atoms with E-state index in [1.807, 2.05) is 5.38 Å². The molecule has 0 aromatic carbocycles. The first-order valence-corrected chi connectivity index (χ1v) is 5.43. The third-order valence-electron chi connectivity index (χ3n) is 1.70. The van der Waals surface area contributed by atoms with Crippen molar-refractivity contribution in [3.05, 3.63) is 22.4 Å². The molecule has 0 amide bonds. The molecule has 0 saturated heterocycles. The molecule has 0 aliphatic rings. The number of halogens is 1. The molecule has 4 heteroatoms. The van der Waals surface area contributed by atoms with Gasteiger partial charge in [0.05, 0.1) is 12.8 Å². The van der Waals surface area contributed by atoms with Crippen LogP contribution in [0.4, 0.5) is 4.39 Å². The van der Waals surface area contributed by atoms with Gasteiger partial charge in [-0.3, -0.25) is 0 Å². The number of carbonyl (C=O) groups excluding carboxylic acids is 1. The lowest BCUT2D eigenvalue weighted by atomic mass is 10.2. The van der Waals surface area contributed by atoms with Crippen molar-refractivity contribution in [1.82, 2.24) is 0 Å². The molecule has 0 spiro atoms. The Morgan fingerprint density at radius 2 is 2.50 bits per heavy atom. The Labute approximate surface area is 86.7 Å². The summed E-state index contributed by atoms with van der Waals surface area (Å²) in [6, 6.07) is 3.51. The van der Waals surface area contributed by atoms with E-state index < -0.39 is 6.17 Å². The summed E-state index contributed by atoms with van der Waals surface area (Å²) in [5, 5.41) is 1.82. The van der Waals surface area contributed by atoms with E-state index in [9.17, 15) is 9.18 Å². The SMILES string of the molecule is CC(F)CCCOC(=O)c1cccs1. The summed E-state index contributed by atoms with van der Waals surface area (Å²) < 4.78 is 17.3. The van der Waals surface area contributed by atoms with Crippen LogP contribution >= 0.6 is 11.3 Å². The molecule has 0 saturated carbocycles. The summed E-state index contributed by atoms with van der Waals surface area (Å²) in [7, 11) is 0. The minimum absolute atomic E-state index is 0.297. The number of hydrogen-bond acceptors (Lipinski definition) is 3. The lowest BCUT2D eigenvalue weighted by molar-refractivity contribution is 0.0497. The normalized spacial score (nSPS) is 12.4. The molecule has 1 atom stereocenters. The lowest BCUT2D eigenvalue weighted by Crippen LogP contribution is -2.05. The number of esters is 1. The quantitative estimate of drug-likeness (QED) is 0.558. The van der Waals surface area contributed by atoms with Crippen molar-refractivity contribution in [3.63, 3.8) is 0 Å². The van der Waals surface area contributed by atoms with Crippen molar-refractivity contribution in [1.29, 1.82) is 0 Å². The average molecular weight is 216 g/mol. The highest BCUT2D eigenvalue weighted by molar-refractivity contribution is 7.11. The Bertz CT molecular complexity index is 270. The van der Waals surface area contributed by atoms with Crippen molar-refractivity contribution < 1.29 is 13.9 Å². The fourth-order valence-corrected chi connectivity index (χ4v) is 1.61. The van der Waals surface area contributed by atoms with Gasteiger partial charge >= 0.3 is 5.97 Å². The van der Waals surface area contributed by atoms with Crippen LogP contribution in [0, 0.1) is 0 Å². The third-order valence-corrected chi connectivity index (χ3v) is 2.55. The fourth-order valence-electron chi connectivity index (χ4n) is 0.995. The van der Waals surface area contributed by atoms with Crippen molar-refractivity contribution >= 4 is 17.3 Å². The van der Waals surface area contributed by atoms with Crippen LogP contribution in [0.5, 0.6) is 0 Å². The molecule has 78 valence electrons. The summed E-state index contributed by atoms with van der Waals surface area (Å²) in [5.74, 6) is -0.313. The van der Waals surface area contributed by atoms with Gasteiger partial charge in [0.15, 0.2) is 0 Å². The molecule has 14 heavy (non-hydrogen) atoms. The molecule has 1 rings (SSSR count). The molecular weight excluding hydrogens is 203 g/mol. The number of rotatable bonds is 5. The van der Waals surface area contributed by atoms with Crippen LogP contribution in [0.25, 0.3) is 0 Å². The minimum Gasteiger partial charge on any atom is -0.462 e. The lowest BCUT2D eigenvalue weighted by Gasteiger charge is -2.03. The van der Waals surface area contributed by atoms with Gasteiger partial charge in [-0.15, -0.1) is 11.3 Å². The summed E-state index contributed by atoms with van der Waals surface area (Å²) in [4.78, 5) is 11.8. The Morgan fingerprint density at radius 3 is 3.07 bits per heavy atom. The summed E-state index contributed by atoms with van der Waals surface area (Å²) >= 11 is 1.35. The van der Waals surface area contributed by atoms with E-state index in [1.165, 1.54) is 18.3 Å². The summed E-state index contributed by atoms with van der Waals surface area (Å²) in [5.41, 5.74) is 0. The van der Waals surface area contributed by atoms with Crippen LogP contribution in [0.15, 0.2) is 17.5 Å². The van der Waals surface area contributed by atoms with Crippen molar-refractivity contribution in [2.75, 3.05) is 6.61 Å². The van der Waals surface area contributed by atoms with Crippen molar-refractivity contribution in [2.24, 2.45) is 0 Å². The van der Waals surface area contributed by atoms with Crippen LogP contribution in [-0.4, -0.2) is 18.7 Å². The Hall–Kier alpha value is -0.900. The van der Waals surface area contributed by atoms with Gasteiger partial charge in [0, 0.05) is 0 Å². The highest BCUT2D eigenvalue weighted by Crippen LogP contribution is 2.10. The molecule has 0 radical (unpaired) electrons. The number of carbonyl (C=O) groups is 1. The van der Waals surface area contributed by atoms with E-state index in [1.54, 1.807) is 12.1 Å². The second-order valence-corrected chi connectivity index (χ2v) is 3.98. The Balaban J connectivity index is 2.16. The van der Waals surface area contributed by atoms with Gasteiger partial charge in [-0.25, -0.2) is 9.18 Å². The van der Waals surface area contributed by atoms with E-state index in [2.05, 4.69) is 0 Å². The van der Waals surface area contributed by atoms with Crippen LogP contribution in [0.1, 0.15) is 29.4 Å². The van der Waals surface area contributed by atoms with Crippen LogP contribution in [0.3, 0.4) is 0 Å². The van der Waals surface area contributed by atoms with E-state index in [4.69, 9.17) is 4.74 Å². The average Bonchev–Trinajstić information content (AvgIpc) is 2.64. The van der Waals surface area contributed by atoms with Gasteiger partial charge in [-0.05, 0) is 31.2 Å². The molecule has 0 fully saturated rings. The maximum absolute atomic E-state index is 12.4. The molecule has 0 aliphatic carbocycles. The number of ether oxygens (including phenoxy) is 1. The smallest absolute Gasteiger partial charge is 0.348 e. The maximum atomic E-state index is 12.4. The Morgan fingerprint density at radius 1 is 1.71 bits per heavy atom. The van der Waals surface area contributed by atoms with E-state index >= 15 is 0 Å². The van der Waals surface area contributed by atoms with Crippen LogP contribution in [-0.2, 0) is 4.74 Å². The number of thiophene rings is 1. The van der Waals surface area contributed by atoms with E-state index in [-0.39, 0.29) is 5.97 Å². The molecule has 1 unspecified atom stereocenters. The van der Waals surface area contributed by atoms with Gasteiger partial charge in [0.1, 0.15) is 4.88 Å². The van der Waals surface area contributed by atoms with Gasteiger partial charge in [0.25, 0.3) is 0 Å². The van der Waals surface area contributed by atoms with E-state index in [0.717, 1.165) is 0 Å². The predicted octanol–water partition coefficient (Wildman–Crippen LogP) is 3.04. The maximum Gasteiger partial charge on any atom is 0.348 e. The molecule has 1 aromatic rings. The predicted molar refractivity (Wildman–Crippen MR) is 54.4 cm³/mol. The summed E-state index contributed by atoms with van der Waals surface area (Å²) in [6.07, 6.45) is 0.197. The zero-order chi connectivity index (χ0) is 10.4. The summed E-state index contributed by atoms with van der Waals surface area (Å²) in [6.45, 7) is 1.80. The third kappa shape index (κ3) is 3.87.